The number of imidazole rings is 1. The highest BCUT2D eigenvalue weighted by molar-refractivity contribution is 5.86. The Bertz CT molecular complexity index is 1140. The van der Waals surface area contributed by atoms with Crippen LogP contribution in [-0.4, -0.2) is 55.4 Å². The molecule has 7 heteroatoms. The molecule has 0 radical (unpaired) electrons. The van der Waals surface area contributed by atoms with E-state index in [2.05, 4.69) is 39.2 Å². The van der Waals surface area contributed by atoms with Gasteiger partial charge in [0.2, 0.25) is 5.95 Å². The number of halogens is 1. The van der Waals surface area contributed by atoms with E-state index >= 15 is 0 Å². The van der Waals surface area contributed by atoms with E-state index in [0.29, 0.717) is 23.6 Å². The molecule has 0 aliphatic carbocycles. The lowest BCUT2D eigenvalue weighted by Gasteiger charge is -2.29. The van der Waals surface area contributed by atoms with Crippen LogP contribution in [0.2, 0.25) is 0 Å². The molecule has 2 fully saturated rings. The highest BCUT2D eigenvalue weighted by atomic mass is 19.1. The van der Waals surface area contributed by atoms with E-state index in [1.54, 1.807) is 0 Å². The zero-order valence-corrected chi connectivity index (χ0v) is 20.6. The van der Waals surface area contributed by atoms with Crippen LogP contribution in [0.5, 0.6) is 5.75 Å². The number of nitrogens with one attached hydrogen (secondary N) is 2. The molecule has 5 rings (SSSR count). The van der Waals surface area contributed by atoms with Gasteiger partial charge in [-0.1, -0.05) is 12.1 Å². The van der Waals surface area contributed by atoms with Crippen molar-refractivity contribution < 1.29 is 9.13 Å². The summed E-state index contributed by atoms with van der Waals surface area (Å²) in [6.07, 6.45) is 2.30. The molecule has 2 saturated heterocycles. The second-order valence-corrected chi connectivity index (χ2v) is 9.91. The third-order valence-electron chi connectivity index (χ3n) is 7.11. The maximum absolute atomic E-state index is 14.3. The maximum atomic E-state index is 14.3. The Morgan fingerprint density at radius 2 is 1.65 bits per heavy atom. The van der Waals surface area contributed by atoms with E-state index in [1.165, 1.54) is 0 Å². The molecule has 2 N–H and O–H groups in total. The molecule has 6 nitrogen and oxygen atoms in total. The predicted octanol–water partition coefficient (Wildman–Crippen LogP) is 3.94. The first-order valence-electron chi connectivity index (χ1n) is 12.6. The number of ether oxygens (including phenoxy) is 1. The third-order valence-corrected chi connectivity index (χ3v) is 7.11. The van der Waals surface area contributed by atoms with Gasteiger partial charge in [0, 0.05) is 26.2 Å². The number of piperazine rings is 1. The number of nitrogens with zero attached hydrogens (tertiary/aromatic N) is 3. The topological polar surface area (TPSA) is 54.4 Å². The summed E-state index contributed by atoms with van der Waals surface area (Å²) in [5.74, 6) is 2.30. The van der Waals surface area contributed by atoms with Gasteiger partial charge in [0.1, 0.15) is 17.1 Å². The van der Waals surface area contributed by atoms with Gasteiger partial charge in [-0.15, -0.1) is 0 Å². The molecule has 182 valence electrons. The molecule has 0 amide bonds. The van der Waals surface area contributed by atoms with Gasteiger partial charge in [0.05, 0.1) is 18.7 Å². The quantitative estimate of drug-likeness (QED) is 0.578. The van der Waals surface area contributed by atoms with Crippen molar-refractivity contribution in [3.05, 3.63) is 52.3 Å². The van der Waals surface area contributed by atoms with Crippen molar-refractivity contribution in [2.75, 3.05) is 50.8 Å². The second kappa shape index (κ2) is 9.92. The third kappa shape index (κ3) is 4.77. The highest BCUT2D eigenvalue weighted by Crippen LogP contribution is 2.33. The first-order valence-corrected chi connectivity index (χ1v) is 12.6. The van der Waals surface area contributed by atoms with Crippen LogP contribution in [0.15, 0.2) is 24.3 Å². The number of piperidine rings is 1. The van der Waals surface area contributed by atoms with E-state index in [9.17, 15) is 4.39 Å². The number of aromatic nitrogens is 2. The van der Waals surface area contributed by atoms with Gasteiger partial charge in [-0.05, 0) is 87.0 Å². The number of benzene rings is 2. The Morgan fingerprint density at radius 3 is 2.35 bits per heavy atom. The summed E-state index contributed by atoms with van der Waals surface area (Å²) in [6, 6.07) is 8.24. The van der Waals surface area contributed by atoms with Crippen LogP contribution in [0.3, 0.4) is 0 Å². The highest BCUT2D eigenvalue weighted by Gasteiger charge is 2.23. The molecule has 0 unspecified atom stereocenters. The summed E-state index contributed by atoms with van der Waals surface area (Å²) >= 11 is 0. The van der Waals surface area contributed by atoms with Crippen molar-refractivity contribution in [2.45, 2.75) is 40.2 Å². The summed E-state index contributed by atoms with van der Waals surface area (Å²) in [5, 5.41) is 6.86. The van der Waals surface area contributed by atoms with Crippen LogP contribution in [0.4, 0.5) is 10.3 Å². The molecule has 1 aromatic heterocycles. The van der Waals surface area contributed by atoms with Crippen LogP contribution in [0.1, 0.15) is 35.1 Å². The number of rotatable bonds is 6. The Morgan fingerprint density at radius 1 is 0.971 bits per heavy atom. The SMILES string of the molecule is Cc1cc(OCC2CCNCC2)c2nc(N3CCNCC3)n(Cc3cc(C)c(F)c(C)c3)c2c1. The van der Waals surface area contributed by atoms with Gasteiger partial charge in [0.25, 0.3) is 0 Å². The molecule has 2 aliphatic rings. The first kappa shape index (κ1) is 23.1. The molecular weight excluding hydrogens is 429 g/mol. The summed E-state index contributed by atoms with van der Waals surface area (Å²) in [6.45, 7) is 13.0. The molecular formula is C27H36FN5O. The smallest absolute Gasteiger partial charge is 0.207 e. The second-order valence-electron chi connectivity index (χ2n) is 9.91. The summed E-state index contributed by atoms with van der Waals surface area (Å²) < 4.78 is 23.0. The van der Waals surface area contributed by atoms with Crippen molar-refractivity contribution in [2.24, 2.45) is 5.92 Å². The molecule has 2 aliphatic heterocycles. The molecule has 3 aromatic rings. The van der Waals surface area contributed by atoms with E-state index in [0.717, 1.165) is 92.6 Å². The Hall–Kier alpha value is -2.64. The summed E-state index contributed by atoms with van der Waals surface area (Å²) in [4.78, 5) is 7.50. The van der Waals surface area contributed by atoms with Crippen LogP contribution in [-0.2, 0) is 6.54 Å². The minimum absolute atomic E-state index is 0.119. The van der Waals surface area contributed by atoms with Crippen LogP contribution in [0.25, 0.3) is 11.0 Å². The number of hydrogen-bond donors (Lipinski definition) is 2. The van der Waals surface area contributed by atoms with Crippen molar-refractivity contribution >= 4 is 17.0 Å². The zero-order valence-electron chi connectivity index (χ0n) is 20.6. The van der Waals surface area contributed by atoms with Crippen LogP contribution in [0, 0.1) is 32.5 Å². The van der Waals surface area contributed by atoms with E-state index < -0.39 is 0 Å². The van der Waals surface area contributed by atoms with E-state index in [1.807, 2.05) is 26.0 Å². The fourth-order valence-corrected chi connectivity index (χ4v) is 5.25. The molecule has 0 bridgehead atoms. The van der Waals surface area contributed by atoms with Gasteiger partial charge < -0.3 is 24.8 Å². The maximum Gasteiger partial charge on any atom is 0.207 e. The molecule has 0 saturated carbocycles. The van der Waals surface area contributed by atoms with Crippen molar-refractivity contribution in [1.82, 2.24) is 20.2 Å². The van der Waals surface area contributed by atoms with Crippen LogP contribution < -0.4 is 20.3 Å². The molecule has 34 heavy (non-hydrogen) atoms. The molecule has 0 atom stereocenters. The standard InChI is InChI=1S/C27H36FN5O/c1-18-12-23-26(24(13-18)34-17-21-4-6-29-7-5-21)31-27(32-10-8-30-9-11-32)33(23)16-22-14-19(2)25(28)20(3)15-22/h12-15,21,29-30H,4-11,16-17H2,1-3H3. The van der Waals surface area contributed by atoms with Gasteiger partial charge in [-0.2, -0.15) is 0 Å². The predicted molar refractivity (Wildman–Crippen MR) is 136 cm³/mol. The van der Waals surface area contributed by atoms with Crippen molar-refractivity contribution in [3.63, 3.8) is 0 Å². The first-order chi connectivity index (χ1) is 16.5. The van der Waals surface area contributed by atoms with E-state index in [-0.39, 0.29) is 5.82 Å². The van der Waals surface area contributed by atoms with Crippen molar-refractivity contribution in [1.29, 1.82) is 0 Å². The van der Waals surface area contributed by atoms with Gasteiger partial charge in [-0.25, -0.2) is 9.37 Å². The number of hydrogen-bond acceptors (Lipinski definition) is 5. The molecule has 2 aromatic carbocycles. The molecule has 0 spiro atoms. The fourth-order valence-electron chi connectivity index (χ4n) is 5.25. The van der Waals surface area contributed by atoms with Gasteiger partial charge in [-0.3, -0.25) is 0 Å². The average Bonchev–Trinajstić information content (AvgIpc) is 3.20. The van der Waals surface area contributed by atoms with E-state index in [4.69, 9.17) is 9.72 Å². The Balaban J connectivity index is 1.55. The fraction of sp³-hybridized carbons (Fsp3) is 0.519. The normalized spacial score (nSPS) is 17.5. The zero-order chi connectivity index (χ0) is 23.7. The Labute approximate surface area is 201 Å². The van der Waals surface area contributed by atoms with Gasteiger partial charge in [0.15, 0.2) is 0 Å². The number of aryl methyl sites for hydroxylation is 3. The van der Waals surface area contributed by atoms with Crippen LogP contribution >= 0.6 is 0 Å². The monoisotopic (exact) mass is 465 g/mol. The minimum Gasteiger partial charge on any atom is -0.491 e. The number of anilines is 1. The molecule has 3 heterocycles. The lowest BCUT2D eigenvalue weighted by molar-refractivity contribution is 0.217. The van der Waals surface area contributed by atoms with Crippen molar-refractivity contribution in [3.8, 4) is 5.75 Å². The summed E-state index contributed by atoms with van der Waals surface area (Å²) in [7, 11) is 0. The Kier molecular flexibility index (Phi) is 6.75. The number of fused-ring (bicyclic) bond motifs is 1. The average molecular weight is 466 g/mol. The van der Waals surface area contributed by atoms with Gasteiger partial charge >= 0.3 is 0 Å². The summed E-state index contributed by atoms with van der Waals surface area (Å²) in [5.41, 5.74) is 5.62. The lowest BCUT2D eigenvalue weighted by Crippen LogP contribution is -2.44. The largest absolute Gasteiger partial charge is 0.491 e. The minimum atomic E-state index is -0.119. The lowest BCUT2D eigenvalue weighted by atomic mass is 9.99.